The lowest BCUT2D eigenvalue weighted by Gasteiger charge is -2.17. The van der Waals surface area contributed by atoms with Crippen LogP contribution in [-0.4, -0.2) is 35.4 Å². The van der Waals surface area contributed by atoms with E-state index in [1.54, 1.807) is 0 Å². The van der Waals surface area contributed by atoms with Gasteiger partial charge in [0.1, 0.15) is 0 Å². The lowest BCUT2D eigenvalue weighted by Crippen LogP contribution is -2.43. The Morgan fingerprint density at radius 2 is 2.00 bits per heavy atom. The van der Waals surface area contributed by atoms with E-state index in [1.165, 1.54) is 11.1 Å². The first-order chi connectivity index (χ1) is 11.2. The Balaban J connectivity index is 1.69. The fraction of sp³-hybridized carbons (Fsp3) is 0.444. The van der Waals surface area contributed by atoms with E-state index in [4.69, 9.17) is 0 Å². The molecule has 5 heteroatoms. The van der Waals surface area contributed by atoms with E-state index in [1.807, 2.05) is 31.2 Å². The zero-order valence-corrected chi connectivity index (χ0v) is 14.3. The molecule has 1 heterocycles. The molecule has 0 fully saturated rings. The normalized spacial score (nSPS) is 12.9. The molecule has 0 saturated heterocycles. The smallest absolute Gasteiger partial charge is 0.191 e. The maximum atomic E-state index is 4.29. The van der Waals surface area contributed by atoms with Crippen LogP contribution in [0.5, 0.6) is 0 Å². The number of rotatable bonds is 7. The van der Waals surface area contributed by atoms with Crippen LogP contribution in [0.3, 0.4) is 0 Å². The molecule has 0 amide bonds. The summed E-state index contributed by atoms with van der Waals surface area (Å²) in [5, 5.41) is 11.0. The second kappa shape index (κ2) is 8.98. The van der Waals surface area contributed by atoms with Gasteiger partial charge in [-0.05, 0) is 37.3 Å². The quantitative estimate of drug-likeness (QED) is 0.608. The number of aryl methyl sites for hydroxylation is 2. The minimum atomic E-state index is 0.375. The van der Waals surface area contributed by atoms with Crippen molar-refractivity contribution in [1.29, 1.82) is 0 Å². The van der Waals surface area contributed by atoms with Crippen molar-refractivity contribution in [2.75, 3.05) is 13.6 Å². The number of aromatic nitrogens is 2. The Kier molecular flexibility index (Phi) is 6.66. The van der Waals surface area contributed by atoms with Crippen LogP contribution in [0.25, 0.3) is 0 Å². The Hall–Kier alpha value is -2.30. The van der Waals surface area contributed by atoms with Crippen LogP contribution in [0.4, 0.5) is 0 Å². The van der Waals surface area contributed by atoms with E-state index in [0.717, 1.165) is 31.8 Å². The lowest BCUT2D eigenvalue weighted by atomic mass is 10.1. The Labute approximate surface area is 138 Å². The van der Waals surface area contributed by atoms with E-state index in [2.05, 4.69) is 58.0 Å². The Bertz CT molecular complexity index is 603. The average molecular weight is 313 g/mol. The van der Waals surface area contributed by atoms with Gasteiger partial charge in [0.05, 0.1) is 6.20 Å². The van der Waals surface area contributed by atoms with Crippen LogP contribution in [0.2, 0.25) is 0 Å². The highest BCUT2D eigenvalue weighted by Crippen LogP contribution is 2.04. The van der Waals surface area contributed by atoms with Crippen LogP contribution in [0.15, 0.2) is 47.7 Å². The standard InChI is InChI=1S/C18H27N5/c1-15(9-10-16-7-5-4-6-8-16)22-18(19-2)20-12-11-17-13-21-23(3)14-17/h4-8,13-15H,9-12H2,1-3H3,(H2,19,20,22). The summed E-state index contributed by atoms with van der Waals surface area (Å²) >= 11 is 0. The fourth-order valence-electron chi connectivity index (χ4n) is 2.45. The van der Waals surface area contributed by atoms with Gasteiger partial charge in [-0.25, -0.2) is 0 Å². The van der Waals surface area contributed by atoms with Gasteiger partial charge < -0.3 is 10.6 Å². The number of benzene rings is 1. The third-order valence-electron chi connectivity index (χ3n) is 3.78. The molecule has 0 aliphatic rings. The molecule has 0 spiro atoms. The minimum absolute atomic E-state index is 0.375. The molecule has 1 atom stereocenters. The molecule has 5 nitrogen and oxygen atoms in total. The van der Waals surface area contributed by atoms with Gasteiger partial charge in [-0.3, -0.25) is 9.67 Å². The maximum Gasteiger partial charge on any atom is 0.191 e. The second-order valence-electron chi connectivity index (χ2n) is 5.84. The van der Waals surface area contributed by atoms with Gasteiger partial charge in [0.25, 0.3) is 0 Å². The van der Waals surface area contributed by atoms with E-state index in [-0.39, 0.29) is 0 Å². The van der Waals surface area contributed by atoms with E-state index < -0.39 is 0 Å². The number of nitrogens with zero attached hydrogens (tertiary/aromatic N) is 3. The number of hydrogen-bond donors (Lipinski definition) is 2. The zero-order valence-electron chi connectivity index (χ0n) is 14.3. The Morgan fingerprint density at radius 3 is 2.65 bits per heavy atom. The van der Waals surface area contributed by atoms with Crippen LogP contribution in [0, 0.1) is 0 Å². The van der Waals surface area contributed by atoms with Gasteiger partial charge in [0.2, 0.25) is 0 Å². The molecule has 0 radical (unpaired) electrons. The van der Waals surface area contributed by atoms with Crippen molar-refractivity contribution in [2.24, 2.45) is 12.0 Å². The lowest BCUT2D eigenvalue weighted by molar-refractivity contribution is 0.593. The molecule has 2 aromatic rings. The van der Waals surface area contributed by atoms with Gasteiger partial charge in [0.15, 0.2) is 5.96 Å². The van der Waals surface area contributed by atoms with Crippen molar-refractivity contribution in [3.05, 3.63) is 53.9 Å². The summed E-state index contributed by atoms with van der Waals surface area (Å²) in [7, 11) is 3.75. The molecule has 0 saturated carbocycles. The highest BCUT2D eigenvalue weighted by molar-refractivity contribution is 5.79. The summed E-state index contributed by atoms with van der Waals surface area (Å²) in [6.45, 7) is 3.04. The highest BCUT2D eigenvalue weighted by Gasteiger charge is 2.05. The summed E-state index contributed by atoms with van der Waals surface area (Å²) in [5.41, 5.74) is 2.60. The molecule has 1 aromatic heterocycles. The van der Waals surface area contributed by atoms with E-state index in [0.29, 0.717) is 6.04 Å². The largest absolute Gasteiger partial charge is 0.356 e. The van der Waals surface area contributed by atoms with E-state index >= 15 is 0 Å². The number of hydrogen-bond acceptors (Lipinski definition) is 2. The highest BCUT2D eigenvalue weighted by atomic mass is 15.2. The molecule has 1 unspecified atom stereocenters. The van der Waals surface area contributed by atoms with Gasteiger partial charge in [-0.1, -0.05) is 30.3 Å². The van der Waals surface area contributed by atoms with Crippen molar-refractivity contribution in [3.8, 4) is 0 Å². The van der Waals surface area contributed by atoms with Crippen LogP contribution in [0.1, 0.15) is 24.5 Å². The molecule has 124 valence electrons. The monoisotopic (exact) mass is 313 g/mol. The molecular weight excluding hydrogens is 286 g/mol. The van der Waals surface area contributed by atoms with Crippen LogP contribution in [-0.2, 0) is 19.9 Å². The zero-order chi connectivity index (χ0) is 16.5. The van der Waals surface area contributed by atoms with Crippen molar-refractivity contribution in [1.82, 2.24) is 20.4 Å². The van der Waals surface area contributed by atoms with Gasteiger partial charge >= 0.3 is 0 Å². The van der Waals surface area contributed by atoms with Gasteiger partial charge in [-0.15, -0.1) is 0 Å². The Morgan fingerprint density at radius 1 is 1.22 bits per heavy atom. The number of guanidine groups is 1. The number of nitrogens with one attached hydrogen (secondary N) is 2. The molecule has 2 N–H and O–H groups in total. The molecule has 0 aliphatic heterocycles. The topological polar surface area (TPSA) is 54.2 Å². The first-order valence-electron chi connectivity index (χ1n) is 8.16. The minimum Gasteiger partial charge on any atom is -0.356 e. The predicted octanol–water partition coefficient (Wildman–Crippen LogP) is 2.15. The van der Waals surface area contributed by atoms with Crippen molar-refractivity contribution >= 4 is 5.96 Å². The molecule has 0 aliphatic carbocycles. The summed E-state index contributed by atoms with van der Waals surface area (Å²) < 4.78 is 1.83. The third kappa shape index (κ3) is 6.14. The third-order valence-corrected chi connectivity index (χ3v) is 3.78. The molecular formula is C18H27N5. The van der Waals surface area contributed by atoms with Gasteiger partial charge in [-0.2, -0.15) is 5.10 Å². The first-order valence-corrected chi connectivity index (χ1v) is 8.16. The summed E-state index contributed by atoms with van der Waals surface area (Å²) in [6, 6.07) is 11.0. The van der Waals surface area contributed by atoms with Crippen molar-refractivity contribution < 1.29 is 0 Å². The molecule has 1 aromatic carbocycles. The fourth-order valence-corrected chi connectivity index (χ4v) is 2.45. The summed E-state index contributed by atoms with van der Waals surface area (Å²) in [5.74, 6) is 0.856. The van der Waals surface area contributed by atoms with Crippen LogP contribution >= 0.6 is 0 Å². The SMILES string of the molecule is CN=C(NCCc1cnn(C)c1)NC(C)CCc1ccccc1. The van der Waals surface area contributed by atoms with Crippen LogP contribution < -0.4 is 10.6 Å². The predicted molar refractivity (Wildman–Crippen MR) is 95.6 cm³/mol. The summed E-state index contributed by atoms with van der Waals surface area (Å²) in [6.07, 6.45) is 7.03. The van der Waals surface area contributed by atoms with Crippen molar-refractivity contribution in [2.45, 2.75) is 32.2 Å². The van der Waals surface area contributed by atoms with E-state index in [9.17, 15) is 0 Å². The van der Waals surface area contributed by atoms with Gasteiger partial charge in [0, 0.05) is 32.9 Å². The molecule has 2 rings (SSSR count). The number of aliphatic imine (C=N–C) groups is 1. The van der Waals surface area contributed by atoms with Crippen molar-refractivity contribution in [3.63, 3.8) is 0 Å². The molecule has 23 heavy (non-hydrogen) atoms. The second-order valence-corrected chi connectivity index (χ2v) is 5.84. The maximum absolute atomic E-state index is 4.29. The summed E-state index contributed by atoms with van der Waals surface area (Å²) in [4.78, 5) is 4.29. The average Bonchev–Trinajstić information content (AvgIpc) is 2.98. The molecule has 0 bridgehead atoms. The first kappa shape index (κ1) is 17.1.